The van der Waals surface area contributed by atoms with E-state index in [0.717, 1.165) is 13.0 Å². The van der Waals surface area contributed by atoms with Crippen LogP contribution in [0.25, 0.3) is 0 Å². The van der Waals surface area contributed by atoms with Gasteiger partial charge in [-0.15, -0.1) is 0 Å². The number of amidine groups is 1. The molecule has 29 heavy (non-hydrogen) atoms. The minimum Gasteiger partial charge on any atom is -0.480 e. The van der Waals surface area contributed by atoms with Crippen LogP contribution in [-0.2, 0) is 16.7 Å². The SMILES string of the molecule is COc1cnc(C(=O)Cc2ccc(F)c([C@@]3(C)N=C(N)COCC3(F)F)c2)cn1. The molecule has 2 aromatic rings. The van der Waals surface area contributed by atoms with Crippen LogP contribution in [0.2, 0.25) is 0 Å². The van der Waals surface area contributed by atoms with Crippen molar-refractivity contribution in [2.75, 3.05) is 20.3 Å². The Morgan fingerprint density at radius 3 is 2.72 bits per heavy atom. The summed E-state index contributed by atoms with van der Waals surface area (Å²) in [6.07, 6.45) is 2.34. The first-order chi connectivity index (χ1) is 13.7. The number of alkyl halides is 2. The van der Waals surface area contributed by atoms with Crippen molar-refractivity contribution >= 4 is 11.6 Å². The highest BCUT2D eigenvalue weighted by molar-refractivity contribution is 5.95. The molecule has 7 nitrogen and oxygen atoms in total. The summed E-state index contributed by atoms with van der Waals surface area (Å²) in [6, 6.07) is 3.56. The highest BCUT2D eigenvalue weighted by atomic mass is 19.3. The average molecular weight is 408 g/mol. The van der Waals surface area contributed by atoms with Gasteiger partial charge in [-0.1, -0.05) is 6.07 Å². The number of carbonyl (C=O) groups is 1. The molecular formula is C19H19F3N4O3. The van der Waals surface area contributed by atoms with E-state index < -0.39 is 29.7 Å². The van der Waals surface area contributed by atoms with Gasteiger partial charge in [-0.2, -0.15) is 0 Å². The van der Waals surface area contributed by atoms with Crippen LogP contribution < -0.4 is 10.5 Å². The van der Waals surface area contributed by atoms with Gasteiger partial charge in [0.15, 0.2) is 11.3 Å². The van der Waals surface area contributed by atoms with Crippen LogP contribution in [0.1, 0.15) is 28.5 Å². The van der Waals surface area contributed by atoms with Crippen LogP contribution in [0, 0.1) is 5.82 Å². The normalized spacial score (nSPS) is 21.2. The van der Waals surface area contributed by atoms with E-state index >= 15 is 0 Å². The van der Waals surface area contributed by atoms with Crippen LogP contribution in [-0.4, -0.2) is 47.8 Å². The molecule has 0 aliphatic carbocycles. The Morgan fingerprint density at radius 1 is 1.31 bits per heavy atom. The number of aromatic nitrogens is 2. The van der Waals surface area contributed by atoms with E-state index in [0.29, 0.717) is 5.56 Å². The zero-order valence-corrected chi connectivity index (χ0v) is 15.8. The quantitative estimate of drug-likeness (QED) is 0.762. The van der Waals surface area contributed by atoms with Crippen molar-refractivity contribution in [2.24, 2.45) is 10.7 Å². The van der Waals surface area contributed by atoms with Gasteiger partial charge in [0.25, 0.3) is 5.92 Å². The number of ether oxygens (including phenoxy) is 2. The lowest BCUT2D eigenvalue weighted by Gasteiger charge is -2.33. The fourth-order valence-electron chi connectivity index (χ4n) is 2.98. The maximum Gasteiger partial charge on any atom is 0.299 e. The van der Waals surface area contributed by atoms with Crippen LogP contribution in [0.4, 0.5) is 13.2 Å². The maximum absolute atomic E-state index is 14.7. The minimum atomic E-state index is -3.51. The lowest BCUT2D eigenvalue weighted by molar-refractivity contribution is -0.116. The molecule has 10 heteroatoms. The Bertz CT molecular complexity index is 950. The average Bonchev–Trinajstić information content (AvgIpc) is 2.78. The lowest BCUT2D eigenvalue weighted by Crippen LogP contribution is -2.45. The fraction of sp³-hybridized carbons (Fsp3) is 0.368. The number of ketones is 1. The van der Waals surface area contributed by atoms with Gasteiger partial charge in [-0.3, -0.25) is 9.79 Å². The summed E-state index contributed by atoms with van der Waals surface area (Å²) in [5, 5.41) is 0. The van der Waals surface area contributed by atoms with E-state index in [2.05, 4.69) is 15.0 Å². The van der Waals surface area contributed by atoms with Crippen LogP contribution in [0.5, 0.6) is 5.88 Å². The Morgan fingerprint density at radius 2 is 2.07 bits per heavy atom. The molecule has 0 saturated carbocycles. The zero-order valence-electron chi connectivity index (χ0n) is 15.8. The molecule has 0 unspecified atom stereocenters. The Balaban J connectivity index is 1.95. The monoisotopic (exact) mass is 408 g/mol. The number of nitrogens with two attached hydrogens (primary N) is 1. The first-order valence-corrected chi connectivity index (χ1v) is 8.64. The smallest absolute Gasteiger partial charge is 0.299 e. The number of rotatable bonds is 5. The molecule has 1 aliphatic rings. The molecule has 1 atom stereocenters. The molecule has 0 saturated heterocycles. The van der Waals surface area contributed by atoms with E-state index in [1.807, 2.05) is 0 Å². The third-order valence-electron chi connectivity index (χ3n) is 4.66. The number of carbonyl (C=O) groups excluding carboxylic acids is 1. The molecule has 0 fully saturated rings. The van der Waals surface area contributed by atoms with Gasteiger partial charge in [0, 0.05) is 12.0 Å². The maximum atomic E-state index is 14.7. The van der Waals surface area contributed by atoms with E-state index in [1.165, 1.54) is 31.6 Å². The Hall–Kier alpha value is -3.01. The summed E-state index contributed by atoms with van der Waals surface area (Å²) < 4.78 is 53.7. The summed E-state index contributed by atoms with van der Waals surface area (Å²) in [7, 11) is 1.41. The Labute approximate surface area is 164 Å². The van der Waals surface area contributed by atoms with Crippen molar-refractivity contribution in [1.82, 2.24) is 9.97 Å². The molecule has 154 valence electrons. The number of aliphatic imine (C=N–C) groups is 1. The predicted molar refractivity (Wildman–Crippen MR) is 97.8 cm³/mol. The van der Waals surface area contributed by atoms with Gasteiger partial charge in [-0.25, -0.2) is 23.1 Å². The zero-order chi connectivity index (χ0) is 21.2. The van der Waals surface area contributed by atoms with Crippen LogP contribution >= 0.6 is 0 Å². The minimum absolute atomic E-state index is 0.0679. The highest BCUT2D eigenvalue weighted by Gasteiger charge is 2.54. The highest BCUT2D eigenvalue weighted by Crippen LogP contribution is 2.43. The molecule has 3 rings (SSSR count). The topological polar surface area (TPSA) is 99.7 Å². The number of halogens is 3. The van der Waals surface area contributed by atoms with Crippen molar-refractivity contribution in [1.29, 1.82) is 0 Å². The summed E-state index contributed by atoms with van der Waals surface area (Å²) in [4.78, 5) is 24.1. The van der Waals surface area contributed by atoms with Crippen LogP contribution in [0.3, 0.4) is 0 Å². The molecule has 1 aromatic carbocycles. The van der Waals surface area contributed by atoms with E-state index in [1.54, 1.807) is 0 Å². The van der Waals surface area contributed by atoms with Gasteiger partial charge >= 0.3 is 0 Å². The van der Waals surface area contributed by atoms with Gasteiger partial charge in [-0.05, 0) is 24.6 Å². The second-order valence-electron chi connectivity index (χ2n) is 6.73. The molecule has 0 spiro atoms. The number of hydrogen-bond donors (Lipinski definition) is 1. The van der Waals surface area contributed by atoms with Gasteiger partial charge in [0.1, 0.15) is 30.6 Å². The van der Waals surface area contributed by atoms with Crippen molar-refractivity contribution in [3.8, 4) is 5.88 Å². The van der Waals surface area contributed by atoms with Crippen molar-refractivity contribution < 1.29 is 27.4 Å². The standard InChI is InChI=1S/C19H19F3N4O3/c1-18(19(21,22)10-29-9-16(23)26-18)12-5-11(3-4-13(12)20)6-15(27)14-7-25-17(28-2)8-24-14/h3-5,7-8H,6,9-10H2,1-2H3,(H2,23,26)/t18-/m1/s1. The summed E-state index contributed by atoms with van der Waals surface area (Å²) in [5.74, 6) is -4.74. The molecule has 2 heterocycles. The summed E-state index contributed by atoms with van der Waals surface area (Å²) in [6.45, 7) is -0.146. The summed E-state index contributed by atoms with van der Waals surface area (Å²) >= 11 is 0. The van der Waals surface area contributed by atoms with Crippen molar-refractivity contribution in [3.05, 3.63) is 53.2 Å². The molecule has 1 aliphatic heterocycles. The van der Waals surface area contributed by atoms with Gasteiger partial charge < -0.3 is 15.2 Å². The number of nitrogens with zero attached hydrogens (tertiary/aromatic N) is 3. The third-order valence-corrected chi connectivity index (χ3v) is 4.66. The second-order valence-corrected chi connectivity index (χ2v) is 6.73. The largest absolute Gasteiger partial charge is 0.480 e. The van der Waals surface area contributed by atoms with E-state index in [9.17, 15) is 18.0 Å². The fourth-order valence-corrected chi connectivity index (χ4v) is 2.98. The van der Waals surface area contributed by atoms with Gasteiger partial charge in [0.05, 0.1) is 19.5 Å². The van der Waals surface area contributed by atoms with E-state index in [4.69, 9.17) is 15.2 Å². The van der Waals surface area contributed by atoms with Crippen molar-refractivity contribution in [2.45, 2.75) is 24.8 Å². The summed E-state index contributed by atoms with van der Waals surface area (Å²) in [5.41, 5.74) is 3.36. The number of Topliss-reactive ketones (excluding diaryl/α,β-unsaturated/α-hetero) is 1. The molecule has 0 radical (unpaired) electrons. The molecular weight excluding hydrogens is 389 g/mol. The number of benzene rings is 1. The third kappa shape index (κ3) is 4.07. The van der Waals surface area contributed by atoms with Gasteiger partial charge in [0.2, 0.25) is 5.88 Å². The second kappa shape index (κ2) is 7.78. The number of hydrogen-bond acceptors (Lipinski definition) is 7. The van der Waals surface area contributed by atoms with Crippen LogP contribution in [0.15, 0.2) is 35.6 Å². The first kappa shape index (κ1) is 20.7. The first-order valence-electron chi connectivity index (χ1n) is 8.64. The predicted octanol–water partition coefficient (Wildman–Crippen LogP) is 2.29. The van der Waals surface area contributed by atoms with Crippen molar-refractivity contribution in [3.63, 3.8) is 0 Å². The molecule has 2 N–H and O–H groups in total. The lowest BCUT2D eigenvalue weighted by atomic mass is 9.84. The number of methoxy groups -OCH3 is 1. The Kier molecular flexibility index (Phi) is 5.56. The molecule has 1 aromatic heterocycles. The molecule has 0 bridgehead atoms. The van der Waals surface area contributed by atoms with E-state index in [-0.39, 0.29) is 36.0 Å². The molecule has 0 amide bonds.